The second kappa shape index (κ2) is 7.09. The van der Waals surface area contributed by atoms with Crippen LogP contribution >= 0.6 is 0 Å². The molecule has 0 aromatic rings. The molecule has 88 valence electrons. The van der Waals surface area contributed by atoms with Crippen LogP contribution in [0.5, 0.6) is 0 Å². The molecule has 0 bridgehead atoms. The SMILES string of the molecule is CCN(CC)C(=O)NCC(C)C(=O)OC. The third-order valence-corrected chi connectivity index (χ3v) is 2.21. The van der Waals surface area contributed by atoms with Gasteiger partial charge in [-0.25, -0.2) is 4.79 Å². The first-order valence-corrected chi connectivity index (χ1v) is 5.17. The van der Waals surface area contributed by atoms with E-state index in [1.807, 2.05) is 13.8 Å². The maximum Gasteiger partial charge on any atom is 0.317 e. The van der Waals surface area contributed by atoms with Crippen LogP contribution < -0.4 is 5.32 Å². The van der Waals surface area contributed by atoms with Gasteiger partial charge in [0.05, 0.1) is 13.0 Å². The number of nitrogens with one attached hydrogen (secondary N) is 1. The lowest BCUT2D eigenvalue weighted by molar-refractivity contribution is -0.144. The Morgan fingerprint density at radius 1 is 1.33 bits per heavy atom. The molecule has 1 unspecified atom stereocenters. The molecule has 0 heterocycles. The molecular formula is C10H20N2O3. The van der Waals surface area contributed by atoms with Gasteiger partial charge in [-0.1, -0.05) is 6.92 Å². The number of methoxy groups -OCH3 is 1. The van der Waals surface area contributed by atoms with Crippen molar-refractivity contribution in [2.24, 2.45) is 5.92 Å². The third-order valence-electron chi connectivity index (χ3n) is 2.21. The van der Waals surface area contributed by atoms with Crippen molar-refractivity contribution < 1.29 is 14.3 Å². The second-order valence-electron chi connectivity index (χ2n) is 3.28. The highest BCUT2D eigenvalue weighted by Crippen LogP contribution is 1.96. The molecule has 0 aromatic carbocycles. The molecule has 1 atom stereocenters. The summed E-state index contributed by atoms with van der Waals surface area (Å²) < 4.78 is 4.55. The fraction of sp³-hybridized carbons (Fsp3) is 0.800. The van der Waals surface area contributed by atoms with Gasteiger partial charge in [-0.05, 0) is 13.8 Å². The first-order valence-electron chi connectivity index (χ1n) is 5.17. The number of ether oxygens (including phenoxy) is 1. The van der Waals surface area contributed by atoms with E-state index in [9.17, 15) is 9.59 Å². The molecule has 15 heavy (non-hydrogen) atoms. The molecule has 5 nitrogen and oxygen atoms in total. The Morgan fingerprint density at radius 2 is 1.87 bits per heavy atom. The van der Waals surface area contributed by atoms with Crippen molar-refractivity contribution in [3.8, 4) is 0 Å². The van der Waals surface area contributed by atoms with Gasteiger partial charge in [0.15, 0.2) is 0 Å². The maximum absolute atomic E-state index is 11.5. The molecule has 0 radical (unpaired) electrons. The largest absolute Gasteiger partial charge is 0.469 e. The topological polar surface area (TPSA) is 58.6 Å². The third kappa shape index (κ3) is 4.67. The number of hydrogen-bond donors (Lipinski definition) is 1. The number of rotatable bonds is 5. The standard InChI is InChI=1S/C10H20N2O3/c1-5-12(6-2)10(14)11-7-8(3)9(13)15-4/h8H,5-7H2,1-4H3,(H,11,14). The number of carbonyl (C=O) groups is 2. The molecule has 0 aliphatic heterocycles. The van der Waals surface area contributed by atoms with Crippen LogP contribution in [0.4, 0.5) is 4.79 Å². The molecule has 2 amide bonds. The van der Waals surface area contributed by atoms with Crippen molar-refractivity contribution in [3.63, 3.8) is 0 Å². The molecule has 0 aromatic heterocycles. The van der Waals surface area contributed by atoms with Crippen molar-refractivity contribution in [2.45, 2.75) is 20.8 Å². The van der Waals surface area contributed by atoms with Crippen LogP contribution in [-0.2, 0) is 9.53 Å². The zero-order valence-electron chi connectivity index (χ0n) is 9.87. The van der Waals surface area contributed by atoms with E-state index in [-0.39, 0.29) is 17.9 Å². The van der Waals surface area contributed by atoms with Crippen molar-refractivity contribution in [1.29, 1.82) is 0 Å². The number of amides is 2. The Kier molecular flexibility index (Phi) is 6.49. The number of urea groups is 1. The number of nitrogens with zero attached hydrogens (tertiary/aromatic N) is 1. The van der Waals surface area contributed by atoms with Crippen molar-refractivity contribution in [3.05, 3.63) is 0 Å². The molecule has 0 aliphatic carbocycles. The first-order chi connectivity index (χ1) is 7.06. The Balaban J connectivity index is 3.94. The summed E-state index contributed by atoms with van der Waals surface area (Å²) in [6.07, 6.45) is 0. The predicted octanol–water partition coefficient (Wildman–Crippen LogP) is 0.847. The molecule has 0 spiro atoms. The Labute approximate surface area is 90.8 Å². The summed E-state index contributed by atoms with van der Waals surface area (Å²) in [5.41, 5.74) is 0. The Hall–Kier alpha value is -1.26. The van der Waals surface area contributed by atoms with Gasteiger partial charge in [0.2, 0.25) is 0 Å². The average molecular weight is 216 g/mol. The summed E-state index contributed by atoms with van der Waals surface area (Å²) in [5, 5.41) is 2.69. The van der Waals surface area contributed by atoms with E-state index in [4.69, 9.17) is 0 Å². The van der Waals surface area contributed by atoms with E-state index in [0.29, 0.717) is 19.6 Å². The molecule has 5 heteroatoms. The van der Waals surface area contributed by atoms with Crippen LogP contribution in [0.1, 0.15) is 20.8 Å². The number of hydrogen-bond acceptors (Lipinski definition) is 3. The second-order valence-corrected chi connectivity index (χ2v) is 3.28. The van der Waals surface area contributed by atoms with Gasteiger partial charge < -0.3 is 15.0 Å². The van der Waals surface area contributed by atoms with E-state index < -0.39 is 0 Å². The highest BCUT2D eigenvalue weighted by molar-refractivity contribution is 5.76. The number of esters is 1. The molecule has 0 rings (SSSR count). The molecule has 0 aliphatic rings. The van der Waals surface area contributed by atoms with E-state index >= 15 is 0 Å². The van der Waals surface area contributed by atoms with E-state index in [0.717, 1.165) is 0 Å². The van der Waals surface area contributed by atoms with Crippen LogP contribution in [0.15, 0.2) is 0 Å². The highest BCUT2D eigenvalue weighted by atomic mass is 16.5. The fourth-order valence-electron chi connectivity index (χ4n) is 1.15. The summed E-state index contributed by atoms with van der Waals surface area (Å²) in [6.45, 7) is 7.17. The lowest BCUT2D eigenvalue weighted by Gasteiger charge is -2.20. The van der Waals surface area contributed by atoms with Gasteiger partial charge in [-0.15, -0.1) is 0 Å². The molecule has 1 N–H and O–H groups in total. The van der Waals surface area contributed by atoms with E-state index in [1.165, 1.54) is 7.11 Å². The zero-order valence-corrected chi connectivity index (χ0v) is 9.87. The van der Waals surface area contributed by atoms with E-state index in [1.54, 1.807) is 11.8 Å². The average Bonchev–Trinajstić information content (AvgIpc) is 2.26. The fourth-order valence-corrected chi connectivity index (χ4v) is 1.15. The maximum atomic E-state index is 11.5. The van der Waals surface area contributed by atoms with Crippen LogP contribution in [0, 0.1) is 5.92 Å². The van der Waals surface area contributed by atoms with Gasteiger partial charge in [0, 0.05) is 19.6 Å². The van der Waals surface area contributed by atoms with Gasteiger partial charge >= 0.3 is 12.0 Å². The smallest absolute Gasteiger partial charge is 0.317 e. The van der Waals surface area contributed by atoms with E-state index in [2.05, 4.69) is 10.1 Å². The van der Waals surface area contributed by atoms with Crippen LogP contribution in [0.3, 0.4) is 0 Å². The van der Waals surface area contributed by atoms with Crippen LogP contribution in [0.2, 0.25) is 0 Å². The van der Waals surface area contributed by atoms with Crippen LogP contribution in [0.25, 0.3) is 0 Å². The molecular weight excluding hydrogens is 196 g/mol. The summed E-state index contributed by atoms with van der Waals surface area (Å²) >= 11 is 0. The zero-order chi connectivity index (χ0) is 11.8. The monoisotopic (exact) mass is 216 g/mol. The van der Waals surface area contributed by atoms with Gasteiger partial charge in [0.1, 0.15) is 0 Å². The minimum Gasteiger partial charge on any atom is -0.469 e. The molecule has 0 saturated heterocycles. The predicted molar refractivity (Wildman–Crippen MR) is 57.5 cm³/mol. The van der Waals surface area contributed by atoms with Crippen molar-refractivity contribution in [2.75, 3.05) is 26.7 Å². The minimum atomic E-state index is -0.311. The van der Waals surface area contributed by atoms with Gasteiger partial charge in [0.25, 0.3) is 0 Å². The lowest BCUT2D eigenvalue weighted by Crippen LogP contribution is -2.42. The Morgan fingerprint density at radius 3 is 2.27 bits per heavy atom. The molecule has 0 fully saturated rings. The number of carbonyl (C=O) groups excluding carboxylic acids is 2. The van der Waals surface area contributed by atoms with Crippen molar-refractivity contribution >= 4 is 12.0 Å². The minimum absolute atomic E-state index is 0.143. The normalized spacial score (nSPS) is 11.7. The lowest BCUT2D eigenvalue weighted by atomic mass is 10.2. The highest BCUT2D eigenvalue weighted by Gasteiger charge is 2.15. The first kappa shape index (κ1) is 13.7. The summed E-state index contributed by atoms with van der Waals surface area (Å²) in [6, 6.07) is -0.143. The Bertz CT molecular complexity index is 215. The quantitative estimate of drug-likeness (QED) is 0.693. The van der Waals surface area contributed by atoms with Crippen LogP contribution in [-0.4, -0.2) is 43.6 Å². The van der Waals surface area contributed by atoms with Crippen molar-refractivity contribution in [1.82, 2.24) is 10.2 Å². The van der Waals surface area contributed by atoms with Gasteiger partial charge in [-0.3, -0.25) is 4.79 Å². The summed E-state index contributed by atoms with van der Waals surface area (Å²) in [4.78, 5) is 24.2. The van der Waals surface area contributed by atoms with Gasteiger partial charge in [-0.2, -0.15) is 0 Å². The summed E-state index contributed by atoms with van der Waals surface area (Å²) in [5.74, 6) is -0.621. The molecule has 0 saturated carbocycles. The summed E-state index contributed by atoms with van der Waals surface area (Å²) in [7, 11) is 1.34.